The third-order valence-corrected chi connectivity index (χ3v) is 3.22. The molecule has 2 heterocycles. The predicted molar refractivity (Wildman–Crippen MR) is 89.0 cm³/mol. The molecule has 0 atom stereocenters. The molecule has 0 aromatic carbocycles. The normalized spacial score (nSPS) is 11.0. The van der Waals surface area contributed by atoms with Crippen LogP contribution in [0.4, 0.5) is 5.82 Å². The Morgan fingerprint density at radius 1 is 1.24 bits per heavy atom. The van der Waals surface area contributed by atoms with Gasteiger partial charge in [-0.15, -0.1) is 12.4 Å². The Bertz CT molecular complexity index is 556. The topological polar surface area (TPSA) is 47.7 Å². The van der Waals surface area contributed by atoms with Crippen LogP contribution in [0.5, 0.6) is 0 Å². The van der Waals surface area contributed by atoms with Crippen LogP contribution in [0, 0.1) is 12.8 Å². The van der Waals surface area contributed by atoms with Gasteiger partial charge in [-0.3, -0.25) is 9.36 Å². The number of rotatable bonds is 6. The van der Waals surface area contributed by atoms with Crippen LogP contribution in [0.25, 0.3) is 0 Å². The van der Waals surface area contributed by atoms with E-state index in [0.717, 1.165) is 18.9 Å². The lowest BCUT2D eigenvalue weighted by atomic mass is 10.2. The zero-order chi connectivity index (χ0) is 14.7. The van der Waals surface area contributed by atoms with Crippen molar-refractivity contribution in [3.05, 3.63) is 29.7 Å². The second kappa shape index (κ2) is 7.50. The first-order valence-electron chi connectivity index (χ1n) is 7.27. The maximum Gasteiger partial charge on any atom is 0.151 e. The highest BCUT2D eigenvalue weighted by Gasteiger charge is 2.09. The Morgan fingerprint density at radius 3 is 2.52 bits per heavy atom. The molecule has 0 aliphatic carbocycles. The number of anilines is 1. The standard InChI is InChI=1S/C15H25N5.ClH/c1-11(2)9-20-14(6-7-17-20)8-16-15-13(5)10-19(18-15)12(3)4;/h6-7,10-12H,8-9H2,1-5H3,(H,16,18);1H. The summed E-state index contributed by atoms with van der Waals surface area (Å²) in [6.45, 7) is 12.5. The highest BCUT2D eigenvalue weighted by Crippen LogP contribution is 2.16. The second-order valence-electron chi connectivity index (χ2n) is 5.99. The summed E-state index contributed by atoms with van der Waals surface area (Å²) >= 11 is 0. The van der Waals surface area contributed by atoms with Crippen molar-refractivity contribution in [1.29, 1.82) is 0 Å². The molecule has 118 valence electrons. The van der Waals surface area contributed by atoms with Gasteiger partial charge in [-0.25, -0.2) is 0 Å². The lowest BCUT2D eigenvalue weighted by Crippen LogP contribution is -2.13. The fraction of sp³-hybridized carbons (Fsp3) is 0.600. The predicted octanol–water partition coefficient (Wildman–Crippen LogP) is 3.66. The van der Waals surface area contributed by atoms with Crippen LogP contribution in [0.1, 0.15) is 45.0 Å². The van der Waals surface area contributed by atoms with Crippen molar-refractivity contribution in [1.82, 2.24) is 19.6 Å². The molecule has 2 rings (SSSR count). The van der Waals surface area contributed by atoms with Gasteiger partial charge in [0.25, 0.3) is 0 Å². The Kier molecular flexibility index (Phi) is 6.27. The molecule has 0 unspecified atom stereocenters. The molecule has 0 saturated heterocycles. The number of halogens is 1. The van der Waals surface area contributed by atoms with Gasteiger partial charge in [0.1, 0.15) is 0 Å². The maximum absolute atomic E-state index is 4.58. The van der Waals surface area contributed by atoms with E-state index in [9.17, 15) is 0 Å². The van der Waals surface area contributed by atoms with Crippen LogP contribution >= 0.6 is 12.4 Å². The van der Waals surface area contributed by atoms with E-state index in [2.05, 4.69) is 67.1 Å². The monoisotopic (exact) mass is 311 g/mol. The largest absolute Gasteiger partial charge is 0.363 e. The highest BCUT2D eigenvalue weighted by molar-refractivity contribution is 5.85. The zero-order valence-electron chi connectivity index (χ0n) is 13.5. The number of hydrogen-bond donors (Lipinski definition) is 1. The van der Waals surface area contributed by atoms with Crippen molar-refractivity contribution >= 4 is 18.2 Å². The SMILES string of the molecule is Cc1cn(C(C)C)nc1NCc1ccnn1CC(C)C.Cl. The van der Waals surface area contributed by atoms with Crippen molar-refractivity contribution < 1.29 is 0 Å². The van der Waals surface area contributed by atoms with E-state index in [1.54, 1.807) is 0 Å². The third-order valence-electron chi connectivity index (χ3n) is 3.22. The zero-order valence-corrected chi connectivity index (χ0v) is 14.3. The van der Waals surface area contributed by atoms with Gasteiger partial charge in [0.2, 0.25) is 0 Å². The molecule has 0 radical (unpaired) electrons. The lowest BCUT2D eigenvalue weighted by molar-refractivity contribution is 0.470. The molecule has 1 N–H and O–H groups in total. The summed E-state index contributed by atoms with van der Waals surface area (Å²) in [6.07, 6.45) is 3.94. The number of aromatic nitrogens is 4. The average Bonchev–Trinajstić information content (AvgIpc) is 2.93. The van der Waals surface area contributed by atoms with Gasteiger partial charge < -0.3 is 5.32 Å². The molecule has 0 spiro atoms. The molecule has 0 bridgehead atoms. The molecule has 5 nitrogen and oxygen atoms in total. The number of aryl methyl sites for hydroxylation is 1. The van der Waals surface area contributed by atoms with Crippen LogP contribution in [0.15, 0.2) is 18.5 Å². The molecule has 0 saturated carbocycles. The van der Waals surface area contributed by atoms with Gasteiger partial charge in [-0.2, -0.15) is 10.2 Å². The molecule has 0 fully saturated rings. The molecular formula is C15H26ClN5. The van der Waals surface area contributed by atoms with Crippen LogP contribution in [-0.2, 0) is 13.1 Å². The molecule has 21 heavy (non-hydrogen) atoms. The van der Waals surface area contributed by atoms with Crippen LogP contribution in [-0.4, -0.2) is 19.6 Å². The van der Waals surface area contributed by atoms with Gasteiger partial charge in [-0.1, -0.05) is 13.8 Å². The Balaban J connectivity index is 0.00000220. The first-order chi connectivity index (χ1) is 9.47. The van der Waals surface area contributed by atoms with Crippen molar-refractivity contribution in [3.63, 3.8) is 0 Å². The summed E-state index contributed by atoms with van der Waals surface area (Å²) < 4.78 is 4.05. The van der Waals surface area contributed by atoms with E-state index in [-0.39, 0.29) is 12.4 Å². The third kappa shape index (κ3) is 4.49. The van der Waals surface area contributed by atoms with E-state index >= 15 is 0 Å². The quantitative estimate of drug-likeness (QED) is 0.885. The van der Waals surface area contributed by atoms with E-state index < -0.39 is 0 Å². The van der Waals surface area contributed by atoms with E-state index in [1.807, 2.05) is 10.9 Å². The fourth-order valence-corrected chi connectivity index (χ4v) is 2.12. The smallest absolute Gasteiger partial charge is 0.151 e. The van der Waals surface area contributed by atoms with Gasteiger partial charge in [0.15, 0.2) is 5.82 Å². The second-order valence-corrected chi connectivity index (χ2v) is 5.99. The Morgan fingerprint density at radius 2 is 1.95 bits per heavy atom. The van der Waals surface area contributed by atoms with Gasteiger partial charge >= 0.3 is 0 Å². The van der Waals surface area contributed by atoms with Crippen molar-refractivity contribution in [2.75, 3.05) is 5.32 Å². The van der Waals surface area contributed by atoms with E-state index in [1.165, 1.54) is 11.3 Å². The maximum atomic E-state index is 4.58. The van der Waals surface area contributed by atoms with Crippen LogP contribution in [0.3, 0.4) is 0 Å². The molecule has 0 aliphatic rings. The first-order valence-corrected chi connectivity index (χ1v) is 7.27. The first kappa shape index (κ1) is 17.6. The lowest BCUT2D eigenvalue weighted by Gasteiger charge is -2.10. The molecule has 0 aliphatic heterocycles. The average molecular weight is 312 g/mol. The highest BCUT2D eigenvalue weighted by atomic mass is 35.5. The van der Waals surface area contributed by atoms with Crippen LogP contribution < -0.4 is 5.32 Å². The molecule has 2 aromatic rings. The molecule has 0 amide bonds. The summed E-state index contributed by atoms with van der Waals surface area (Å²) in [7, 11) is 0. The van der Waals surface area contributed by atoms with E-state index in [0.29, 0.717) is 12.0 Å². The summed E-state index contributed by atoms with van der Waals surface area (Å²) in [6, 6.07) is 2.44. The number of nitrogens with zero attached hydrogens (tertiary/aromatic N) is 4. The van der Waals surface area contributed by atoms with Crippen molar-refractivity contribution in [3.8, 4) is 0 Å². The fourth-order valence-electron chi connectivity index (χ4n) is 2.12. The summed E-state index contributed by atoms with van der Waals surface area (Å²) in [5, 5.41) is 12.4. The number of nitrogens with one attached hydrogen (secondary N) is 1. The Labute approximate surface area is 133 Å². The number of hydrogen-bond acceptors (Lipinski definition) is 3. The van der Waals surface area contributed by atoms with Gasteiger partial charge in [-0.05, 0) is 32.8 Å². The molecular weight excluding hydrogens is 286 g/mol. The minimum Gasteiger partial charge on any atom is -0.363 e. The summed E-state index contributed by atoms with van der Waals surface area (Å²) in [5.74, 6) is 1.55. The van der Waals surface area contributed by atoms with E-state index in [4.69, 9.17) is 0 Å². The van der Waals surface area contributed by atoms with Crippen LogP contribution in [0.2, 0.25) is 0 Å². The van der Waals surface area contributed by atoms with Crippen molar-refractivity contribution in [2.45, 2.75) is 53.8 Å². The summed E-state index contributed by atoms with van der Waals surface area (Å²) in [5.41, 5.74) is 2.37. The van der Waals surface area contributed by atoms with Crippen molar-refractivity contribution in [2.24, 2.45) is 5.92 Å². The Hall–Kier alpha value is -1.49. The molecule has 6 heteroatoms. The van der Waals surface area contributed by atoms with Gasteiger partial charge in [0, 0.05) is 30.5 Å². The minimum absolute atomic E-state index is 0. The molecule has 2 aromatic heterocycles. The summed E-state index contributed by atoms with van der Waals surface area (Å²) in [4.78, 5) is 0. The van der Waals surface area contributed by atoms with Gasteiger partial charge in [0.05, 0.1) is 12.2 Å². The minimum atomic E-state index is 0.